The molecule has 36 heavy (non-hydrogen) atoms. The van der Waals surface area contributed by atoms with Gasteiger partial charge in [0.15, 0.2) is 0 Å². The average Bonchev–Trinajstić information content (AvgIpc) is 2.88. The number of rotatable bonds is 8. The Morgan fingerprint density at radius 2 is 1.25 bits per heavy atom. The van der Waals surface area contributed by atoms with E-state index in [1.807, 2.05) is 68.4 Å². The van der Waals surface area contributed by atoms with E-state index in [2.05, 4.69) is 36.4 Å². The van der Waals surface area contributed by atoms with E-state index in [0.717, 1.165) is 19.8 Å². The molecule has 0 atom stereocenters. The van der Waals surface area contributed by atoms with Crippen molar-refractivity contribution in [3.63, 3.8) is 0 Å². The van der Waals surface area contributed by atoms with Gasteiger partial charge < -0.3 is 0 Å². The van der Waals surface area contributed by atoms with Gasteiger partial charge in [-0.05, 0) is 0 Å². The van der Waals surface area contributed by atoms with Crippen LogP contribution in [0, 0.1) is 10.1 Å². The van der Waals surface area contributed by atoms with Crippen LogP contribution in [-0.2, 0) is 13.5 Å². The van der Waals surface area contributed by atoms with Crippen LogP contribution in [0.3, 0.4) is 0 Å². The van der Waals surface area contributed by atoms with Crippen LogP contribution in [0.4, 0.5) is 5.69 Å². The van der Waals surface area contributed by atoms with Crippen LogP contribution < -0.4 is 20.7 Å². The van der Waals surface area contributed by atoms with Crippen molar-refractivity contribution in [3.05, 3.63) is 125 Å². The average molecular weight is 626 g/mol. The number of nitro benzene ring substituents is 1. The number of benzene rings is 4. The first kappa shape index (κ1) is 26.6. The van der Waals surface area contributed by atoms with Gasteiger partial charge in [0.25, 0.3) is 0 Å². The van der Waals surface area contributed by atoms with Gasteiger partial charge in [0.2, 0.25) is 0 Å². The molecule has 4 nitrogen and oxygen atoms in total. The van der Waals surface area contributed by atoms with Crippen LogP contribution in [0.1, 0.15) is 19.4 Å². The molecule has 4 aromatic rings. The van der Waals surface area contributed by atoms with Crippen LogP contribution in [0.2, 0.25) is 0 Å². The van der Waals surface area contributed by atoms with E-state index in [0.29, 0.717) is 11.3 Å². The molecule has 0 unspecified atom stereocenters. The Labute approximate surface area is 224 Å². The molecule has 0 aromatic heterocycles. The molecule has 0 N–H and O–H groups in total. The van der Waals surface area contributed by atoms with Gasteiger partial charge in [-0.15, -0.1) is 0 Å². The third-order valence-corrected chi connectivity index (χ3v) is 16.1. The molecular weight excluding hydrogens is 601 g/mol. The summed E-state index contributed by atoms with van der Waals surface area (Å²) in [6, 6.07) is 35.2. The number of hydrogen-bond donors (Lipinski definition) is 0. The van der Waals surface area contributed by atoms with E-state index in [9.17, 15) is 10.1 Å². The Kier molecular flexibility index (Phi) is 8.70. The van der Waals surface area contributed by atoms with Crippen LogP contribution in [0.5, 0.6) is 5.75 Å². The summed E-state index contributed by atoms with van der Waals surface area (Å²) in [5.41, 5.74) is 0.571. The first-order valence-corrected chi connectivity index (χ1v) is 18.4. The van der Waals surface area contributed by atoms with Crippen molar-refractivity contribution in [1.29, 1.82) is 0 Å². The van der Waals surface area contributed by atoms with Gasteiger partial charge in [-0.2, -0.15) is 0 Å². The van der Waals surface area contributed by atoms with Crippen LogP contribution in [0.25, 0.3) is 0 Å². The Balaban J connectivity index is 2.20. The number of ether oxygens (including phenoxy) is 1. The number of hydrogen-bond acceptors (Lipinski definition) is 3. The van der Waals surface area contributed by atoms with Crippen molar-refractivity contribution in [2.45, 2.75) is 20.0 Å². The SMILES string of the molecule is CC(C)Oc1ccc([N+](=O)[O-])cc1[C](=[Ru]([Cl])[Cl])[P+](c1ccccc1)(c1ccccc1)c1ccccc1. The molecule has 0 spiro atoms. The Hall–Kier alpha value is -2.42. The summed E-state index contributed by atoms with van der Waals surface area (Å²) in [7, 11) is 11.4. The summed E-state index contributed by atoms with van der Waals surface area (Å²) < 4.78 is 7.03. The zero-order valence-electron chi connectivity index (χ0n) is 19.7. The Morgan fingerprint density at radius 1 is 0.806 bits per heavy atom. The summed E-state index contributed by atoms with van der Waals surface area (Å²) in [5, 5.41) is 15.1. The number of nitro groups is 1. The third kappa shape index (κ3) is 5.31. The molecule has 8 heteroatoms. The molecule has 0 radical (unpaired) electrons. The van der Waals surface area contributed by atoms with Crippen molar-refractivity contribution in [3.8, 4) is 5.75 Å². The molecule has 0 bridgehead atoms. The predicted molar refractivity (Wildman–Crippen MR) is 150 cm³/mol. The summed E-state index contributed by atoms with van der Waals surface area (Å²) in [6.45, 7) is 3.85. The Morgan fingerprint density at radius 3 is 1.61 bits per heavy atom. The summed E-state index contributed by atoms with van der Waals surface area (Å²) in [4.78, 5) is 11.5. The zero-order chi connectivity index (χ0) is 25.7. The number of non-ortho nitro benzene ring substituents is 1. The van der Waals surface area contributed by atoms with Crippen LogP contribution in [0.15, 0.2) is 109 Å². The van der Waals surface area contributed by atoms with Crippen molar-refractivity contribution in [1.82, 2.24) is 0 Å². The van der Waals surface area contributed by atoms with E-state index >= 15 is 0 Å². The molecule has 0 aliphatic heterocycles. The molecular formula is C28H25Cl2NO3PRu+. The topological polar surface area (TPSA) is 52.4 Å². The fraction of sp³-hybridized carbons (Fsp3) is 0.107. The molecule has 4 aromatic carbocycles. The molecule has 0 aliphatic carbocycles. The fourth-order valence-corrected chi connectivity index (χ4v) is 16.4. The molecule has 0 aliphatic rings. The van der Waals surface area contributed by atoms with Gasteiger partial charge in [-0.3, -0.25) is 0 Å². The molecule has 0 saturated carbocycles. The second kappa shape index (κ2) is 11.8. The van der Waals surface area contributed by atoms with Crippen molar-refractivity contribution in [2.24, 2.45) is 0 Å². The number of halogens is 2. The van der Waals surface area contributed by atoms with E-state index in [4.69, 9.17) is 24.1 Å². The van der Waals surface area contributed by atoms with E-state index in [-0.39, 0.29) is 11.8 Å². The van der Waals surface area contributed by atoms with Gasteiger partial charge >= 0.3 is 226 Å². The summed E-state index contributed by atoms with van der Waals surface area (Å²) in [5.74, 6) is 0.540. The molecule has 0 amide bonds. The molecule has 0 saturated heterocycles. The first-order chi connectivity index (χ1) is 17.4. The van der Waals surface area contributed by atoms with Gasteiger partial charge in [0.1, 0.15) is 0 Å². The predicted octanol–water partition coefficient (Wildman–Crippen LogP) is 6.78. The van der Waals surface area contributed by atoms with E-state index in [1.54, 1.807) is 12.1 Å². The van der Waals surface area contributed by atoms with E-state index in [1.165, 1.54) is 6.07 Å². The van der Waals surface area contributed by atoms with Crippen molar-refractivity contribution < 1.29 is 23.2 Å². The maximum atomic E-state index is 11.8. The van der Waals surface area contributed by atoms with Crippen LogP contribution >= 0.6 is 26.6 Å². The fourth-order valence-electron chi connectivity index (χ4n) is 4.22. The maximum absolute atomic E-state index is 11.8. The van der Waals surface area contributed by atoms with Gasteiger partial charge in [-0.1, -0.05) is 0 Å². The molecule has 0 heterocycles. The second-order valence-electron chi connectivity index (χ2n) is 8.25. The van der Waals surface area contributed by atoms with Crippen LogP contribution in [-0.4, -0.2) is 14.9 Å². The van der Waals surface area contributed by atoms with Gasteiger partial charge in [-0.25, -0.2) is 0 Å². The zero-order valence-corrected chi connectivity index (χ0v) is 23.8. The minimum absolute atomic E-state index is 0.0327. The summed E-state index contributed by atoms with van der Waals surface area (Å²) in [6.07, 6.45) is -0.143. The van der Waals surface area contributed by atoms with Crippen molar-refractivity contribution >= 4 is 52.1 Å². The molecule has 186 valence electrons. The monoisotopic (exact) mass is 626 g/mol. The molecule has 0 fully saturated rings. The van der Waals surface area contributed by atoms with Crippen molar-refractivity contribution in [2.75, 3.05) is 0 Å². The standard InChI is InChI=1S/C28H25NO3P.2ClH.Ru/c1-22(2)32-28-19-18-24(29(30)31)20-23(28)21-33(25-12-6-3-7-13-25,26-14-8-4-9-15-26)27-16-10-5-11-17-27;;;/h3-20,22H,1-2H3;2*1H;/q+1;;;+2/p-2. The molecule has 4 rings (SSSR count). The van der Waals surface area contributed by atoms with Gasteiger partial charge in [0, 0.05) is 0 Å². The second-order valence-corrected chi connectivity index (χ2v) is 18.0. The summed E-state index contributed by atoms with van der Waals surface area (Å²) >= 11 is -2.72. The first-order valence-electron chi connectivity index (χ1n) is 11.2. The van der Waals surface area contributed by atoms with Gasteiger partial charge in [0.05, 0.1) is 0 Å². The van der Waals surface area contributed by atoms with E-state index < -0.39 is 25.7 Å². The quantitative estimate of drug-likeness (QED) is 0.0939. The normalized spacial score (nSPS) is 11.8. The number of nitrogens with zero attached hydrogens (tertiary/aromatic N) is 1. The minimum atomic E-state index is -2.72. The Bertz CT molecular complexity index is 1280. The third-order valence-electron chi connectivity index (χ3n) is 5.60.